The molecule has 0 spiro atoms. The Labute approximate surface area is 131 Å². The average molecular weight is 304 g/mol. The molecule has 0 radical (unpaired) electrons. The van der Waals surface area contributed by atoms with Crippen LogP contribution in [0.25, 0.3) is 0 Å². The molecule has 1 unspecified atom stereocenters. The van der Waals surface area contributed by atoms with Gasteiger partial charge in [0, 0.05) is 25.6 Å². The number of unbranched alkanes of at least 4 members (excludes halogenated alkanes) is 1. The van der Waals surface area contributed by atoms with Crippen molar-refractivity contribution in [3.05, 3.63) is 35.9 Å². The highest BCUT2D eigenvalue weighted by Gasteiger charge is 2.28. The van der Waals surface area contributed by atoms with Crippen LogP contribution in [0.15, 0.2) is 30.3 Å². The zero-order valence-corrected chi connectivity index (χ0v) is 13.1. The van der Waals surface area contributed by atoms with Crippen LogP contribution in [-0.2, 0) is 16.1 Å². The predicted molar refractivity (Wildman–Crippen MR) is 84.3 cm³/mol. The largest absolute Gasteiger partial charge is 0.445 e. The molecule has 2 rings (SSSR count). The Morgan fingerprint density at radius 2 is 2.09 bits per heavy atom. The summed E-state index contributed by atoms with van der Waals surface area (Å²) in [6.45, 7) is 3.51. The van der Waals surface area contributed by atoms with E-state index < -0.39 is 0 Å². The monoisotopic (exact) mass is 304 g/mol. The molecule has 0 aromatic heterocycles. The van der Waals surface area contributed by atoms with Crippen molar-refractivity contribution in [2.75, 3.05) is 13.1 Å². The molecular formula is C17H24N2O3. The molecule has 1 atom stereocenters. The Hall–Kier alpha value is -2.04. The molecule has 1 fully saturated rings. The summed E-state index contributed by atoms with van der Waals surface area (Å²) in [5, 5.41) is 2.98. The van der Waals surface area contributed by atoms with E-state index in [1.807, 2.05) is 30.3 Å². The summed E-state index contributed by atoms with van der Waals surface area (Å²) in [5.74, 6) is 0.0753. The second-order valence-electron chi connectivity index (χ2n) is 5.64. The molecule has 1 aromatic carbocycles. The van der Waals surface area contributed by atoms with Gasteiger partial charge in [-0.15, -0.1) is 0 Å². The fourth-order valence-electron chi connectivity index (χ4n) is 2.49. The van der Waals surface area contributed by atoms with Crippen molar-refractivity contribution in [2.45, 2.75) is 45.3 Å². The molecule has 1 aromatic rings. The first-order chi connectivity index (χ1) is 10.7. The third-order valence-electron chi connectivity index (χ3n) is 3.77. The first kappa shape index (κ1) is 16.3. The van der Waals surface area contributed by atoms with Gasteiger partial charge in [0.2, 0.25) is 5.91 Å². The number of hydrogen-bond acceptors (Lipinski definition) is 3. The smallest absolute Gasteiger partial charge is 0.410 e. The predicted octanol–water partition coefficient (Wildman–Crippen LogP) is 2.70. The van der Waals surface area contributed by atoms with Gasteiger partial charge in [-0.05, 0) is 18.4 Å². The van der Waals surface area contributed by atoms with Crippen molar-refractivity contribution in [1.29, 1.82) is 0 Å². The molecule has 1 N–H and O–H groups in total. The van der Waals surface area contributed by atoms with Crippen LogP contribution in [0.1, 0.15) is 38.2 Å². The highest BCUT2D eigenvalue weighted by atomic mass is 16.6. The van der Waals surface area contributed by atoms with Gasteiger partial charge in [0.15, 0.2) is 0 Å². The highest BCUT2D eigenvalue weighted by molar-refractivity contribution is 5.76. The number of carbonyl (C=O) groups excluding carboxylic acids is 2. The molecule has 120 valence electrons. The lowest BCUT2D eigenvalue weighted by molar-refractivity contribution is -0.121. The van der Waals surface area contributed by atoms with Crippen molar-refractivity contribution < 1.29 is 14.3 Å². The van der Waals surface area contributed by atoms with E-state index in [1.54, 1.807) is 4.90 Å². The minimum atomic E-state index is -0.311. The van der Waals surface area contributed by atoms with Gasteiger partial charge < -0.3 is 15.0 Å². The zero-order chi connectivity index (χ0) is 15.8. The van der Waals surface area contributed by atoms with Gasteiger partial charge in [0.1, 0.15) is 6.61 Å². The van der Waals surface area contributed by atoms with Crippen LogP contribution in [0.2, 0.25) is 0 Å². The minimum absolute atomic E-state index is 0.0497. The fourth-order valence-corrected chi connectivity index (χ4v) is 2.49. The van der Waals surface area contributed by atoms with Crippen LogP contribution < -0.4 is 5.32 Å². The van der Waals surface area contributed by atoms with E-state index in [-0.39, 0.29) is 24.6 Å². The molecule has 2 amide bonds. The lowest BCUT2D eigenvalue weighted by Gasteiger charge is -2.17. The molecule has 0 saturated carbocycles. The van der Waals surface area contributed by atoms with Gasteiger partial charge >= 0.3 is 6.09 Å². The van der Waals surface area contributed by atoms with Gasteiger partial charge in [0.05, 0.1) is 0 Å². The van der Waals surface area contributed by atoms with Crippen LogP contribution >= 0.6 is 0 Å². The lowest BCUT2D eigenvalue weighted by atomic mass is 10.2. The molecule has 22 heavy (non-hydrogen) atoms. The number of likely N-dealkylation sites (tertiary alicyclic amines) is 1. The summed E-state index contributed by atoms with van der Waals surface area (Å²) in [4.78, 5) is 25.4. The average Bonchev–Trinajstić information content (AvgIpc) is 3.00. The number of hydrogen-bond donors (Lipinski definition) is 1. The SMILES string of the molecule is CCCCC(=O)NC1CCN(C(=O)OCc2ccccc2)C1. The second-order valence-corrected chi connectivity index (χ2v) is 5.64. The normalized spacial score (nSPS) is 17.3. The fraction of sp³-hybridized carbons (Fsp3) is 0.529. The maximum atomic E-state index is 12.0. The Morgan fingerprint density at radius 1 is 1.32 bits per heavy atom. The summed E-state index contributed by atoms with van der Waals surface area (Å²) in [5.41, 5.74) is 0.972. The minimum Gasteiger partial charge on any atom is -0.445 e. The molecule has 1 saturated heterocycles. The Kier molecular flexibility index (Phi) is 6.25. The van der Waals surface area contributed by atoms with Crippen LogP contribution in [0.5, 0.6) is 0 Å². The second kappa shape index (κ2) is 8.41. The molecule has 1 aliphatic rings. The van der Waals surface area contributed by atoms with Crippen LogP contribution in [0.3, 0.4) is 0 Å². The van der Waals surface area contributed by atoms with Gasteiger partial charge in [-0.2, -0.15) is 0 Å². The maximum Gasteiger partial charge on any atom is 0.410 e. The maximum absolute atomic E-state index is 12.0. The zero-order valence-electron chi connectivity index (χ0n) is 13.1. The standard InChI is InChI=1S/C17H24N2O3/c1-2-3-9-16(20)18-15-10-11-19(12-15)17(21)22-13-14-7-5-4-6-8-14/h4-8,15H,2-3,9-13H2,1H3,(H,18,20). The topological polar surface area (TPSA) is 58.6 Å². The summed E-state index contributed by atoms with van der Waals surface area (Å²) >= 11 is 0. The summed E-state index contributed by atoms with van der Waals surface area (Å²) < 4.78 is 5.30. The third kappa shape index (κ3) is 5.06. The summed E-state index contributed by atoms with van der Waals surface area (Å²) in [6.07, 6.45) is 2.95. The van der Waals surface area contributed by atoms with E-state index >= 15 is 0 Å². The highest BCUT2D eigenvalue weighted by Crippen LogP contribution is 2.12. The third-order valence-corrected chi connectivity index (χ3v) is 3.77. The van der Waals surface area contributed by atoms with Gasteiger partial charge in [-0.25, -0.2) is 4.79 Å². The van der Waals surface area contributed by atoms with Gasteiger partial charge in [0.25, 0.3) is 0 Å². The summed E-state index contributed by atoms with van der Waals surface area (Å²) in [7, 11) is 0. The van der Waals surface area contributed by atoms with E-state index in [9.17, 15) is 9.59 Å². The number of nitrogens with one attached hydrogen (secondary N) is 1. The van der Waals surface area contributed by atoms with E-state index in [4.69, 9.17) is 4.74 Å². The summed E-state index contributed by atoms with van der Waals surface area (Å²) in [6, 6.07) is 9.66. The molecule has 5 heteroatoms. The Balaban J connectivity index is 1.70. The number of amides is 2. The molecule has 0 bridgehead atoms. The Morgan fingerprint density at radius 3 is 2.82 bits per heavy atom. The first-order valence-corrected chi connectivity index (χ1v) is 7.94. The van der Waals surface area contributed by atoms with Crippen LogP contribution in [0, 0.1) is 0 Å². The Bertz CT molecular complexity index is 490. The van der Waals surface area contributed by atoms with E-state index in [0.717, 1.165) is 24.8 Å². The van der Waals surface area contributed by atoms with Crippen molar-refractivity contribution in [3.63, 3.8) is 0 Å². The van der Waals surface area contributed by atoms with E-state index in [0.29, 0.717) is 19.5 Å². The molecule has 0 aliphatic carbocycles. The van der Waals surface area contributed by atoms with Gasteiger partial charge in [-0.1, -0.05) is 43.7 Å². The van der Waals surface area contributed by atoms with Gasteiger partial charge in [-0.3, -0.25) is 4.79 Å². The van der Waals surface area contributed by atoms with Crippen LogP contribution in [0.4, 0.5) is 4.79 Å². The van der Waals surface area contributed by atoms with Crippen LogP contribution in [-0.4, -0.2) is 36.0 Å². The molecule has 1 heterocycles. The number of nitrogens with zero attached hydrogens (tertiary/aromatic N) is 1. The van der Waals surface area contributed by atoms with E-state index in [1.165, 1.54) is 0 Å². The van der Waals surface area contributed by atoms with E-state index in [2.05, 4.69) is 12.2 Å². The number of ether oxygens (including phenoxy) is 1. The number of rotatable bonds is 6. The van der Waals surface area contributed by atoms with Crippen molar-refractivity contribution in [1.82, 2.24) is 10.2 Å². The van der Waals surface area contributed by atoms with Crippen molar-refractivity contribution >= 4 is 12.0 Å². The number of carbonyl (C=O) groups is 2. The molecule has 5 nitrogen and oxygen atoms in total. The van der Waals surface area contributed by atoms with Crippen molar-refractivity contribution in [3.8, 4) is 0 Å². The lowest BCUT2D eigenvalue weighted by Crippen LogP contribution is -2.38. The molecule has 1 aliphatic heterocycles. The molecular weight excluding hydrogens is 280 g/mol. The van der Waals surface area contributed by atoms with Crippen molar-refractivity contribution in [2.24, 2.45) is 0 Å². The first-order valence-electron chi connectivity index (χ1n) is 7.94. The number of benzene rings is 1. The quantitative estimate of drug-likeness (QED) is 0.879.